The van der Waals surface area contributed by atoms with E-state index in [1.54, 1.807) is 17.5 Å². The van der Waals surface area contributed by atoms with Crippen LogP contribution < -0.4 is 5.32 Å². The SMILES string of the molecule is O=C(CN1CCOC(c2ccccc2)C1)Nc1ccnn1Cc1cccs1. The number of ether oxygens (including phenoxy) is 1. The van der Waals surface area contributed by atoms with Crippen LogP contribution in [0, 0.1) is 0 Å². The van der Waals surface area contributed by atoms with Gasteiger partial charge in [0.2, 0.25) is 5.91 Å². The lowest BCUT2D eigenvalue weighted by Crippen LogP contribution is -2.42. The Hall–Kier alpha value is -2.48. The van der Waals surface area contributed by atoms with Gasteiger partial charge in [-0.3, -0.25) is 9.69 Å². The summed E-state index contributed by atoms with van der Waals surface area (Å²) in [5.41, 5.74) is 1.15. The second-order valence-corrected chi connectivity index (χ2v) is 7.54. The van der Waals surface area contributed by atoms with Crippen LogP contribution in [0.1, 0.15) is 16.5 Å². The molecule has 1 aliphatic heterocycles. The first-order valence-corrected chi connectivity index (χ1v) is 9.89. The fourth-order valence-electron chi connectivity index (χ4n) is 3.22. The molecular weight excluding hydrogens is 360 g/mol. The lowest BCUT2D eigenvalue weighted by atomic mass is 10.1. The largest absolute Gasteiger partial charge is 0.371 e. The molecule has 3 heterocycles. The van der Waals surface area contributed by atoms with Gasteiger partial charge in [-0.25, -0.2) is 4.68 Å². The number of thiophene rings is 1. The summed E-state index contributed by atoms with van der Waals surface area (Å²) >= 11 is 1.68. The van der Waals surface area contributed by atoms with Gasteiger partial charge in [-0.1, -0.05) is 36.4 Å². The Morgan fingerprint density at radius 2 is 2.11 bits per heavy atom. The van der Waals surface area contributed by atoms with Gasteiger partial charge < -0.3 is 10.1 Å². The average Bonchev–Trinajstić information content (AvgIpc) is 3.36. The number of nitrogens with one attached hydrogen (secondary N) is 1. The maximum atomic E-state index is 12.5. The van der Waals surface area contributed by atoms with E-state index in [1.165, 1.54) is 4.88 Å². The van der Waals surface area contributed by atoms with E-state index in [-0.39, 0.29) is 12.0 Å². The number of hydrogen-bond donors (Lipinski definition) is 1. The zero-order valence-electron chi connectivity index (χ0n) is 15.0. The van der Waals surface area contributed by atoms with Crippen LogP contribution in [0.15, 0.2) is 60.1 Å². The molecule has 1 unspecified atom stereocenters. The highest BCUT2D eigenvalue weighted by atomic mass is 32.1. The third-order valence-electron chi connectivity index (χ3n) is 4.56. The zero-order chi connectivity index (χ0) is 18.5. The maximum Gasteiger partial charge on any atom is 0.239 e. The van der Waals surface area contributed by atoms with E-state index < -0.39 is 0 Å². The van der Waals surface area contributed by atoms with Gasteiger partial charge in [0.05, 0.1) is 32.0 Å². The third-order valence-corrected chi connectivity index (χ3v) is 5.42. The standard InChI is InChI=1S/C20H22N4O2S/c25-20(22-19-8-9-21-24(19)13-17-7-4-12-27-17)15-23-10-11-26-18(14-23)16-5-2-1-3-6-16/h1-9,12,18H,10-11,13-15H2,(H,22,25). The second kappa shape index (κ2) is 8.47. The van der Waals surface area contributed by atoms with Crippen molar-refractivity contribution in [2.24, 2.45) is 0 Å². The molecule has 1 atom stereocenters. The van der Waals surface area contributed by atoms with E-state index in [0.29, 0.717) is 26.2 Å². The summed E-state index contributed by atoms with van der Waals surface area (Å²) in [5, 5.41) is 9.35. The van der Waals surface area contributed by atoms with Crippen LogP contribution in [0.3, 0.4) is 0 Å². The normalized spacial score (nSPS) is 17.7. The number of rotatable bonds is 6. The van der Waals surface area contributed by atoms with Crippen molar-refractivity contribution in [3.05, 3.63) is 70.5 Å². The fourth-order valence-corrected chi connectivity index (χ4v) is 3.90. The van der Waals surface area contributed by atoms with Gasteiger partial charge >= 0.3 is 0 Å². The van der Waals surface area contributed by atoms with Crippen molar-refractivity contribution in [3.63, 3.8) is 0 Å². The Morgan fingerprint density at radius 3 is 2.93 bits per heavy atom. The Labute approximate surface area is 162 Å². The van der Waals surface area contributed by atoms with E-state index in [1.807, 2.05) is 40.4 Å². The molecule has 4 rings (SSSR count). The molecule has 6 nitrogen and oxygen atoms in total. The van der Waals surface area contributed by atoms with E-state index in [9.17, 15) is 4.79 Å². The minimum Gasteiger partial charge on any atom is -0.371 e. The Bertz CT molecular complexity index is 863. The first-order valence-electron chi connectivity index (χ1n) is 9.01. The minimum atomic E-state index is -0.0309. The summed E-state index contributed by atoms with van der Waals surface area (Å²) in [4.78, 5) is 15.9. The predicted octanol–water partition coefficient (Wildman–Crippen LogP) is 3.00. The Morgan fingerprint density at radius 1 is 1.22 bits per heavy atom. The van der Waals surface area contributed by atoms with E-state index in [4.69, 9.17) is 4.74 Å². The van der Waals surface area contributed by atoms with E-state index in [2.05, 4.69) is 33.5 Å². The van der Waals surface area contributed by atoms with Gasteiger partial charge in [0.15, 0.2) is 0 Å². The molecule has 0 aliphatic carbocycles. The highest BCUT2D eigenvalue weighted by molar-refractivity contribution is 7.09. The Kier molecular flexibility index (Phi) is 5.62. The molecule has 0 saturated carbocycles. The molecule has 1 N–H and O–H groups in total. The van der Waals surface area contributed by atoms with Crippen molar-refractivity contribution in [1.29, 1.82) is 0 Å². The number of benzene rings is 1. The maximum absolute atomic E-state index is 12.5. The van der Waals surface area contributed by atoms with Crippen LogP contribution >= 0.6 is 11.3 Å². The number of amides is 1. The summed E-state index contributed by atoms with van der Waals surface area (Å²) in [6.45, 7) is 3.10. The van der Waals surface area contributed by atoms with Gasteiger partial charge in [0.1, 0.15) is 5.82 Å². The van der Waals surface area contributed by atoms with Crippen LogP contribution in [0.25, 0.3) is 0 Å². The summed E-state index contributed by atoms with van der Waals surface area (Å²) in [6, 6.07) is 16.1. The molecule has 1 saturated heterocycles. The number of morpholine rings is 1. The van der Waals surface area contributed by atoms with Crippen molar-refractivity contribution in [1.82, 2.24) is 14.7 Å². The molecule has 0 spiro atoms. The van der Waals surface area contributed by atoms with E-state index >= 15 is 0 Å². The van der Waals surface area contributed by atoms with Crippen molar-refractivity contribution in [3.8, 4) is 0 Å². The number of carbonyl (C=O) groups is 1. The molecule has 0 radical (unpaired) electrons. The van der Waals surface area contributed by atoms with Gasteiger partial charge in [-0.15, -0.1) is 11.3 Å². The van der Waals surface area contributed by atoms with Crippen LogP contribution in [0.2, 0.25) is 0 Å². The Balaban J connectivity index is 1.34. The van der Waals surface area contributed by atoms with Gasteiger partial charge in [-0.05, 0) is 17.0 Å². The lowest BCUT2D eigenvalue weighted by molar-refractivity contribution is -0.119. The molecule has 7 heteroatoms. The predicted molar refractivity (Wildman–Crippen MR) is 106 cm³/mol. The van der Waals surface area contributed by atoms with Crippen molar-refractivity contribution >= 4 is 23.1 Å². The quantitative estimate of drug-likeness (QED) is 0.712. The summed E-state index contributed by atoms with van der Waals surface area (Å²) in [7, 11) is 0. The highest BCUT2D eigenvalue weighted by Crippen LogP contribution is 2.22. The molecule has 3 aromatic rings. The van der Waals surface area contributed by atoms with Crippen LogP contribution in [-0.2, 0) is 16.1 Å². The topological polar surface area (TPSA) is 59.4 Å². The molecule has 1 aromatic carbocycles. The van der Waals surface area contributed by atoms with Gasteiger partial charge in [0.25, 0.3) is 0 Å². The molecule has 0 bridgehead atoms. The molecule has 1 amide bonds. The van der Waals surface area contributed by atoms with Crippen LogP contribution in [0.5, 0.6) is 0 Å². The molecule has 2 aromatic heterocycles. The van der Waals surface area contributed by atoms with Crippen LogP contribution in [-0.4, -0.2) is 46.8 Å². The number of carbonyl (C=O) groups excluding carboxylic acids is 1. The third kappa shape index (κ3) is 4.63. The summed E-state index contributed by atoms with van der Waals surface area (Å²) in [5.74, 6) is 0.693. The lowest BCUT2D eigenvalue weighted by Gasteiger charge is -2.32. The average molecular weight is 382 g/mol. The summed E-state index contributed by atoms with van der Waals surface area (Å²) < 4.78 is 7.69. The van der Waals surface area contributed by atoms with Gasteiger partial charge in [-0.2, -0.15) is 5.10 Å². The molecule has 1 aliphatic rings. The number of anilines is 1. The highest BCUT2D eigenvalue weighted by Gasteiger charge is 2.23. The monoisotopic (exact) mass is 382 g/mol. The van der Waals surface area contributed by atoms with Crippen LogP contribution in [0.4, 0.5) is 5.82 Å². The second-order valence-electron chi connectivity index (χ2n) is 6.51. The summed E-state index contributed by atoms with van der Waals surface area (Å²) in [6.07, 6.45) is 1.72. The first kappa shape index (κ1) is 17.9. The van der Waals surface area contributed by atoms with E-state index in [0.717, 1.165) is 17.9 Å². The smallest absolute Gasteiger partial charge is 0.239 e. The number of nitrogens with zero attached hydrogens (tertiary/aromatic N) is 3. The van der Waals surface area contributed by atoms with Crippen molar-refractivity contribution in [2.45, 2.75) is 12.6 Å². The van der Waals surface area contributed by atoms with Crippen molar-refractivity contribution < 1.29 is 9.53 Å². The minimum absolute atomic E-state index is 0.0112. The van der Waals surface area contributed by atoms with Crippen molar-refractivity contribution in [2.75, 3.05) is 31.6 Å². The first-order chi connectivity index (χ1) is 13.3. The molecular formula is C20H22N4O2S. The van der Waals surface area contributed by atoms with Gasteiger partial charge in [0, 0.05) is 24.0 Å². The molecule has 1 fully saturated rings. The zero-order valence-corrected chi connectivity index (χ0v) is 15.8. The number of aromatic nitrogens is 2. The number of hydrogen-bond acceptors (Lipinski definition) is 5. The fraction of sp³-hybridized carbons (Fsp3) is 0.300. The molecule has 27 heavy (non-hydrogen) atoms. The molecule has 140 valence electrons.